The van der Waals surface area contributed by atoms with E-state index in [1.165, 1.54) is 11.1 Å². The number of thiophene rings is 1. The second-order valence-corrected chi connectivity index (χ2v) is 6.60. The molecule has 2 aromatic heterocycles. The van der Waals surface area contributed by atoms with E-state index in [1.807, 2.05) is 6.07 Å². The number of nitrogens with one attached hydrogen (secondary N) is 2. The zero-order valence-corrected chi connectivity index (χ0v) is 13.0. The van der Waals surface area contributed by atoms with Crippen LogP contribution in [0.1, 0.15) is 16.1 Å². The van der Waals surface area contributed by atoms with Crippen LogP contribution in [-0.4, -0.2) is 41.3 Å². The summed E-state index contributed by atoms with van der Waals surface area (Å²) in [4.78, 5) is 14.6. The fraction of sp³-hybridized carbons (Fsp3) is 0.357. The normalized spacial score (nSPS) is 21.3. The summed E-state index contributed by atoms with van der Waals surface area (Å²) in [5.41, 5.74) is 0.933. The third-order valence-corrected chi connectivity index (χ3v) is 5.07. The number of nitriles is 1. The van der Waals surface area contributed by atoms with E-state index in [2.05, 4.69) is 15.5 Å². The van der Waals surface area contributed by atoms with Crippen molar-refractivity contribution in [2.45, 2.75) is 18.6 Å². The molecule has 4 heterocycles. The molecule has 0 saturated carbocycles. The molecule has 1 atom stereocenters. The molecule has 0 bridgehead atoms. The van der Waals surface area contributed by atoms with Crippen LogP contribution in [0.2, 0.25) is 0 Å². The van der Waals surface area contributed by atoms with Crippen molar-refractivity contribution < 1.29 is 18.3 Å². The van der Waals surface area contributed by atoms with Gasteiger partial charge in [-0.15, -0.1) is 11.3 Å². The minimum atomic E-state index is -3.38. The summed E-state index contributed by atoms with van der Waals surface area (Å²) >= 11 is 1.08. The van der Waals surface area contributed by atoms with Crippen molar-refractivity contribution in [2.75, 3.05) is 18.0 Å². The van der Waals surface area contributed by atoms with E-state index < -0.39 is 18.7 Å². The second kappa shape index (κ2) is 5.17. The third-order valence-electron chi connectivity index (χ3n) is 3.86. The topological polar surface area (TPSA) is 94.0 Å². The van der Waals surface area contributed by atoms with Crippen LogP contribution in [0.4, 0.5) is 14.5 Å². The Morgan fingerprint density at radius 3 is 3.08 bits per heavy atom. The Bertz CT molecular complexity index is 842. The molecule has 2 aliphatic rings. The molecule has 2 aromatic rings. The number of hydrogen-bond donors (Lipinski definition) is 2. The molecule has 2 N–H and O–H groups in total. The fourth-order valence-corrected chi connectivity index (χ4v) is 4.07. The van der Waals surface area contributed by atoms with Crippen molar-refractivity contribution in [1.82, 2.24) is 15.5 Å². The smallest absolute Gasteiger partial charge is 0.416 e. The first-order chi connectivity index (χ1) is 11.5. The zero-order valence-electron chi connectivity index (χ0n) is 12.2. The van der Waals surface area contributed by atoms with Crippen molar-refractivity contribution in [3.05, 3.63) is 17.3 Å². The summed E-state index contributed by atoms with van der Waals surface area (Å²) in [7, 11) is 0. The standard InChI is InChI=1S/C14H11F2N5O2S/c15-14(16)6-21-5-8(1-2-17)20-13(22)12-9(21)10(23-14)11(24-12)7-3-18-19-4-7/h3-4,8H,1,5-6H2,(H,18,19)(H,20,22)/t8-/m1/s1. The first-order valence-corrected chi connectivity index (χ1v) is 7.95. The predicted molar refractivity (Wildman–Crippen MR) is 81.2 cm³/mol. The minimum Gasteiger partial charge on any atom is -0.427 e. The van der Waals surface area contributed by atoms with Gasteiger partial charge in [-0.3, -0.25) is 9.89 Å². The molecule has 2 aliphatic heterocycles. The molecule has 10 heteroatoms. The zero-order chi connectivity index (χ0) is 16.9. The molecule has 7 nitrogen and oxygen atoms in total. The first kappa shape index (κ1) is 14.9. The molecule has 0 aromatic carbocycles. The summed E-state index contributed by atoms with van der Waals surface area (Å²) in [6, 6.07) is 1.45. The minimum absolute atomic E-state index is 0.0135. The molecule has 4 rings (SSSR count). The van der Waals surface area contributed by atoms with Crippen molar-refractivity contribution >= 4 is 22.9 Å². The Hall–Kier alpha value is -2.67. The highest BCUT2D eigenvalue weighted by atomic mass is 32.1. The maximum Gasteiger partial charge on any atom is 0.416 e. The molecule has 0 saturated heterocycles. The van der Waals surface area contributed by atoms with Gasteiger partial charge in [0.2, 0.25) is 0 Å². The molecule has 1 amide bonds. The Kier molecular flexibility index (Phi) is 3.21. The highest BCUT2D eigenvalue weighted by Crippen LogP contribution is 2.52. The van der Waals surface area contributed by atoms with E-state index in [0.29, 0.717) is 21.0 Å². The van der Waals surface area contributed by atoms with Gasteiger partial charge in [-0.05, 0) is 0 Å². The summed E-state index contributed by atoms with van der Waals surface area (Å²) in [5.74, 6) is -0.400. The highest BCUT2D eigenvalue weighted by molar-refractivity contribution is 7.18. The average molecular weight is 351 g/mol. The maximum atomic E-state index is 14.1. The lowest BCUT2D eigenvalue weighted by molar-refractivity contribution is -0.171. The number of aromatic nitrogens is 2. The summed E-state index contributed by atoms with van der Waals surface area (Å²) in [6.45, 7) is -0.536. The Morgan fingerprint density at radius 1 is 1.54 bits per heavy atom. The van der Waals surface area contributed by atoms with Crippen molar-refractivity contribution in [1.29, 1.82) is 5.26 Å². The largest absolute Gasteiger partial charge is 0.427 e. The molecule has 0 spiro atoms. The molecule has 0 aliphatic carbocycles. The maximum absolute atomic E-state index is 14.1. The van der Waals surface area contributed by atoms with Crippen molar-refractivity contribution in [2.24, 2.45) is 0 Å². The van der Waals surface area contributed by atoms with E-state index in [0.717, 1.165) is 11.3 Å². The molecule has 0 radical (unpaired) electrons. The summed E-state index contributed by atoms with van der Waals surface area (Å²) in [6.07, 6.45) is -0.293. The Labute approximate surface area is 138 Å². The van der Waals surface area contributed by atoms with Gasteiger partial charge in [-0.25, -0.2) is 0 Å². The van der Waals surface area contributed by atoms with Crippen LogP contribution in [0.3, 0.4) is 0 Å². The SMILES string of the molecule is N#CC[C@@H]1CN2CC(F)(F)Oc3c(-c4cn[nH]c4)sc(c32)C(=O)N1. The predicted octanol–water partition coefficient (Wildman–Crippen LogP) is 1.96. The Morgan fingerprint density at radius 2 is 2.38 bits per heavy atom. The van der Waals surface area contributed by atoms with Gasteiger partial charge < -0.3 is 15.0 Å². The number of aromatic amines is 1. The van der Waals surface area contributed by atoms with Crippen LogP contribution in [0, 0.1) is 11.3 Å². The molecule has 24 heavy (non-hydrogen) atoms. The summed E-state index contributed by atoms with van der Waals surface area (Å²) < 4.78 is 33.0. The summed E-state index contributed by atoms with van der Waals surface area (Å²) in [5, 5.41) is 18.0. The van der Waals surface area contributed by atoms with Crippen molar-refractivity contribution in [3.8, 4) is 22.3 Å². The van der Waals surface area contributed by atoms with Crippen LogP contribution in [0.15, 0.2) is 12.4 Å². The number of ether oxygens (including phenoxy) is 1. The van der Waals surface area contributed by atoms with Crippen LogP contribution < -0.4 is 15.0 Å². The number of rotatable bonds is 2. The third kappa shape index (κ3) is 2.28. The second-order valence-electron chi connectivity index (χ2n) is 5.58. The number of carbonyl (C=O) groups is 1. The van der Waals surface area contributed by atoms with Crippen LogP contribution in [0.5, 0.6) is 5.75 Å². The lowest BCUT2D eigenvalue weighted by Gasteiger charge is -2.35. The van der Waals surface area contributed by atoms with Gasteiger partial charge >= 0.3 is 6.11 Å². The van der Waals surface area contributed by atoms with Crippen molar-refractivity contribution in [3.63, 3.8) is 0 Å². The molecular weight excluding hydrogens is 340 g/mol. The Balaban J connectivity index is 1.87. The number of H-pyrrole nitrogens is 1. The van der Waals surface area contributed by atoms with Gasteiger partial charge in [-0.2, -0.15) is 19.1 Å². The molecular formula is C14H11F2N5O2S. The van der Waals surface area contributed by atoms with E-state index >= 15 is 0 Å². The number of amides is 1. The van der Waals surface area contributed by atoms with Gasteiger partial charge in [-0.1, -0.05) is 0 Å². The van der Waals surface area contributed by atoms with E-state index in [-0.39, 0.29) is 24.6 Å². The van der Waals surface area contributed by atoms with E-state index in [4.69, 9.17) is 10.00 Å². The molecule has 0 unspecified atom stereocenters. The molecule has 124 valence electrons. The lowest BCUT2D eigenvalue weighted by Crippen LogP contribution is -2.48. The quantitative estimate of drug-likeness (QED) is 0.863. The fourth-order valence-electron chi connectivity index (χ4n) is 2.94. The first-order valence-electron chi connectivity index (χ1n) is 7.14. The van der Waals surface area contributed by atoms with E-state index in [1.54, 1.807) is 6.20 Å². The monoisotopic (exact) mass is 351 g/mol. The number of alkyl halides is 2. The number of carbonyl (C=O) groups excluding carboxylic acids is 1. The van der Waals surface area contributed by atoms with Gasteiger partial charge in [0.1, 0.15) is 17.1 Å². The number of hydrogen-bond acceptors (Lipinski definition) is 6. The average Bonchev–Trinajstić information content (AvgIpc) is 3.10. The number of nitrogens with zero attached hydrogens (tertiary/aromatic N) is 3. The van der Waals surface area contributed by atoms with Crippen LogP contribution >= 0.6 is 11.3 Å². The molecule has 0 fully saturated rings. The number of anilines is 1. The van der Waals surface area contributed by atoms with Gasteiger partial charge in [0, 0.05) is 18.3 Å². The number of halogens is 2. The van der Waals surface area contributed by atoms with Crippen LogP contribution in [0.25, 0.3) is 10.4 Å². The van der Waals surface area contributed by atoms with Gasteiger partial charge in [0.15, 0.2) is 5.75 Å². The van der Waals surface area contributed by atoms with Gasteiger partial charge in [0.05, 0.1) is 29.6 Å². The highest BCUT2D eigenvalue weighted by Gasteiger charge is 2.46. The lowest BCUT2D eigenvalue weighted by atomic mass is 10.1. The van der Waals surface area contributed by atoms with E-state index in [9.17, 15) is 13.6 Å². The van der Waals surface area contributed by atoms with Crippen LogP contribution in [-0.2, 0) is 0 Å². The van der Waals surface area contributed by atoms with Gasteiger partial charge in [0.25, 0.3) is 5.91 Å².